The lowest BCUT2D eigenvalue weighted by Crippen LogP contribution is -2.26. The number of rotatable bonds is 5. The van der Waals surface area contributed by atoms with E-state index in [2.05, 4.69) is 5.32 Å². The van der Waals surface area contributed by atoms with Gasteiger partial charge in [0.05, 0.1) is 12.8 Å². The summed E-state index contributed by atoms with van der Waals surface area (Å²) < 4.78 is 6.96. The summed E-state index contributed by atoms with van der Waals surface area (Å²) in [5, 5.41) is 3.02. The Morgan fingerprint density at radius 1 is 1.15 bits per heavy atom. The van der Waals surface area contributed by atoms with Crippen LogP contribution in [0.3, 0.4) is 0 Å². The summed E-state index contributed by atoms with van der Waals surface area (Å²) in [7, 11) is 3.48. The zero-order valence-electron chi connectivity index (χ0n) is 12.1. The van der Waals surface area contributed by atoms with Crippen molar-refractivity contribution in [2.24, 2.45) is 0 Å². The summed E-state index contributed by atoms with van der Waals surface area (Å²) in [5.41, 5.74) is 2.79. The Balaban J connectivity index is 2.50. The maximum atomic E-state index is 12.4. The van der Waals surface area contributed by atoms with Crippen molar-refractivity contribution >= 4 is 0 Å². The fourth-order valence-electron chi connectivity index (χ4n) is 2.28. The fraction of sp³-hybridized carbons (Fsp3) is 0.312. The number of pyridine rings is 1. The molecule has 0 saturated carbocycles. The van der Waals surface area contributed by atoms with Crippen LogP contribution in [0.15, 0.2) is 41.2 Å². The Labute approximate surface area is 119 Å². The summed E-state index contributed by atoms with van der Waals surface area (Å²) in [6, 6.07) is 11.6. The van der Waals surface area contributed by atoms with Crippen molar-refractivity contribution in [3.63, 3.8) is 0 Å². The van der Waals surface area contributed by atoms with Crippen LogP contribution in [0, 0.1) is 0 Å². The third-order valence-corrected chi connectivity index (χ3v) is 3.32. The van der Waals surface area contributed by atoms with Crippen LogP contribution in [0.4, 0.5) is 0 Å². The van der Waals surface area contributed by atoms with Gasteiger partial charge in [-0.2, -0.15) is 0 Å². The molecule has 1 aromatic heterocycles. The van der Waals surface area contributed by atoms with Crippen molar-refractivity contribution in [1.82, 2.24) is 9.88 Å². The standard InChI is InChI=1S/C16H20N2O2/c1-4-18-15(10-7-13(11-17-2)16(18)19)12-5-8-14(20-3)9-6-12/h5-10,17H,4,11H2,1-3H3. The smallest absolute Gasteiger partial charge is 0.255 e. The van der Waals surface area contributed by atoms with E-state index in [1.54, 1.807) is 11.7 Å². The van der Waals surface area contributed by atoms with E-state index in [0.717, 1.165) is 22.6 Å². The average molecular weight is 272 g/mol. The molecule has 0 aliphatic rings. The zero-order valence-corrected chi connectivity index (χ0v) is 12.1. The molecule has 1 heterocycles. The molecule has 0 fully saturated rings. The lowest BCUT2D eigenvalue weighted by atomic mass is 10.1. The van der Waals surface area contributed by atoms with Gasteiger partial charge < -0.3 is 14.6 Å². The maximum absolute atomic E-state index is 12.4. The van der Waals surface area contributed by atoms with Crippen LogP contribution >= 0.6 is 0 Å². The normalized spacial score (nSPS) is 10.6. The van der Waals surface area contributed by atoms with E-state index in [0.29, 0.717) is 13.1 Å². The molecule has 0 amide bonds. The molecule has 0 aliphatic carbocycles. The molecule has 0 radical (unpaired) electrons. The molecule has 0 aliphatic heterocycles. The Morgan fingerprint density at radius 3 is 2.40 bits per heavy atom. The van der Waals surface area contributed by atoms with Crippen LogP contribution in [-0.4, -0.2) is 18.7 Å². The number of nitrogens with zero attached hydrogens (tertiary/aromatic N) is 1. The second-order valence-electron chi connectivity index (χ2n) is 4.55. The second-order valence-corrected chi connectivity index (χ2v) is 4.55. The van der Waals surface area contributed by atoms with Gasteiger partial charge in [-0.15, -0.1) is 0 Å². The molecule has 2 rings (SSSR count). The molecule has 2 aromatic rings. The SMILES string of the molecule is CCn1c(-c2ccc(OC)cc2)ccc(CNC)c1=O. The van der Waals surface area contributed by atoms with Gasteiger partial charge in [-0.25, -0.2) is 0 Å². The molecule has 1 aromatic carbocycles. The predicted molar refractivity (Wildman–Crippen MR) is 81.1 cm³/mol. The number of aromatic nitrogens is 1. The van der Waals surface area contributed by atoms with E-state index in [1.807, 2.05) is 50.4 Å². The van der Waals surface area contributed by atoms with Gasteiger partial charge in [-0.05, 0) is 49.9 Å². The second kappa shape index (κ2) is 6.39. The Morgan fingerprint density at radius 2 is 1.85 bits per heavy atom. The maximum Gasteiger partial charge on any atom is 0.255 e. The van der Waals surface area contributed by atoms with Gasteiger partial charge in [0.1, 0.15) is 5.75 Å². The van der Waals surface area contributed by atoms with Gasteiger partial charge in [-0.3, -0.25) is 4.79 Å². The van der Waals surface area contributed by atoms with Crippen LogP contribution < -0.4 is 15.6 Å². The minimum Gasteiger partial charge on any atom is -0.497 e. The minimum atomic E-state index is 0.0650. The van der Waals surface area contributed by atoms with Crippen LogP contribution in [0.25, 0.3) is 11.3 Å². The van der Waals surface area contributed by atoms with Crippen molar-refractivity contribution in [2.75, 3.05) is 14.2 Å². The Hall–Kier alpha value is -2.07. The molecule has 106 valence electrons. The molecule has 20 heavy (non-hydrogen) atoms. The van der Waals surface area contributed by atoms with Crippen molar-refractivity contribution in [3.05, 3.63) is 52.3 Å². The first-order valence-corrected chi connectivity index (χ1v) is 6.73. The van der Waals surface area contributed by atoms with Crippen LogP contribution in [0.1, 0.15) is 12.5 Å². The van der Waals surface area contributed by atoms with E-state index in [-0.39, 0.29) is 5.56 Å². The lowest BCUT2D eigenvalue weighted by molar-refractivity contribution is 0.415. The largest absolute Gasteiger partial charge is 0.497 e. The summed E-state index contributed by atoms with van der Waals surface area (Å²) in [4.78, 5) is 12.4. The number of methoxy groups -OCH3 is 1. The first-order chi connectivity index (χ1) is 9.71. The third kappa shape index (κ3) is 2.75. The number of hydrogen-bond donors (Lipinski definition) is 1. The average Bonchev–Trinajstić information content (AvgIpc) is 2.49. The Kier molecular flexibility index (Phi) is 4.58. The van der Waals surface area contributed by atoms with E-state index in [9.17, 15) is 4.79 Å². The van der Waals surface area contributed by atoms with E-state index >= 15 is 0 Å². The van der Waals surface area contributed by atoms with Crippen molar-refractivity contribution in [2.45, 2.75) is 20.0 Å². The molecule has 0 spiro atoms. The van der Waals surface area contributed by atoms with Gasteiger partial charge in [0.25, 0.3) is 5.56 Å². The molecule has 0 unspecified atom stereocenters. The highest BCUT2D eigenvalue weighted by Crippen LogP contribution is 2.21. The van der Waals surface area contributed by atoms with Gasteiger partial charge in [0, 0.05) is 18.7 Å². The van der Waals surface area contributed by atoms with E-state index in [4.69, 9.17) is 4.74 Å². The number of ether oxygens (including phenoxy) is 1. The van der Waals surface area contributed by atoms with Gasteiger partial charge in [-0.1, -0.05) is 6.07 Å². The van der Waals surface area contributed by atoms with Gasteiger partial charge >= 0.3 is 0 Å². The van der Waals surface area contributed by atoms with E-state index in [1.165, 1.54) is 0 Å². The lowest BCUT2D eigenvalue weighted by Gasteiger charge is -2.13. The van der Waals surface area contributed by atoms with Crippen molar-refractivity contribution in [1.29, 1.82) is 0 Å². The van der Waals surface area contributed by atoms with Crippen LogP contribution in [0.2, 0.25) is 0 Å². The molecule has 0 atom stereocenters. The molecular formula is C16H20N2O2. The molecule has 1 N–H and O–H groups in total. The van der Waals surface area contributed by atoms with Gasteiger partial charge in [0.2, 0.25) is 0 Å². The molecule has 4 nitrogen and oxygen atoms in total. The predicted octanol–water partition coefficient (Wildman–Crippen LogP) is 2.26. The van der Waals surface area contributed by atoms with Crippen molar-refractivity contribution in [3.8, 4) is 17.0 Å². The zero-order chi connectivity index (χ0) is 14.5. The highest BCUT2D eigenvalue weighted by Gasteiger charge is 2.09. The van der Waals surface area contributed by atoms with Crippen molar-refractivity contribution < 1.29 is 4.74 Å². The summed E-state index contributed by atoms with van der Waals surface area (Å²) in [5.74, 6) is 0.811. The first kappa shape index (κ1) is 14.3. The number of hydrogen-bond acceptors (Lipinski definition) is 3. The minimum absolute atomic E-state index is 0.0650. The summed E-state index contributed by atoms with van der Waals surface area (Å²) in [6.45, 7) is 3.22. The molecule has 4 heteroatoms. The first-order valence-electron chi connectivity index (χ1n) is 6.73. The fourth-order valence-corrected chi connectivity index (χ4v) is 2.28. The third-order valence-electron chi connectivity index (χ3n) is 3.32. The summed E-state index contributed by atoms with van der Waals surface area (Å²) in [6.07, 6.45) is 0. The topological polar surface area (TPSA) is 43.3 Å². The van der Waals surface area contributed by atoms with Crippen LogP contribution in [-0.2, 0) is 13.1 Å². The number of nitrogens with one attached hydrogen (secondary N) is 1. The molecule has 0 saturated heterocycles. The van der Waals surface area contributed by atoms with Crippen LogP contribution in [0.5, 0.6) is 5.75 Å². The molecule has 0 bridgehead atoms. The van der Waals surface area contributed by atoms with E-state index < -0.39 is 0 Å². The quantitative estimate of drug-likeness (QED) is 0.908. The number of benzene rings is 1. The van der Waals surface area contributed by atoms with Gasteiger partial charge in [0.15, 0.2) is 0 Å². The summed E-state index contributed by atoms with van der Waals surface area (Å²) >= 11 is 0. The Bertz CT molecular complexity index is 630. The highest BCUT2D eigenvalue weighted by atomic mass is 16.5. The monoisotopic (exact) mass is 272 g/mol. The molecular weight excluding hydrogens is 252 g/mol. The highest BCUT2D eigenvalue weighted by molar-refractivity contribution is 5.61.